The first-order chi connectivity index (χ1) is 9.91. The van der Waals surface area contributed by atoms with E-state index in [4.69, 9.17) is 4.74 Å². The summed E-state index contributed by atoms with van der Waals surface area (Å²) in [6.45, 7) is 17.2. The first kappa shape index (κ1) is 19.0. The average molecular weight is 326 g/mol. The van der Waals surface area contributed by atoms with Crippen molar-refractivity contribution in [3.8, 4) is 0 Å². The SMILES string of the molecule is C=C(CC(C)(C)C)N1C[C@@H](NC(=O)OC(C)(C)C)C[C@H]1C=P. The number of carbonyl (C=O) groups is 1. The van der Waals surface area contributed by atoms with Gasteiger partial charge < -0.3 is 15.0 Å². The molecule has 1 heterocycles. The second-order valence-electron chi connectivity index (χ2n) is 8.27. The first-order valence-corrected chi connectivity index (χ1v) is 8.43. The molecule has 0 aromatic heterocycles. The molecule has 0 radical (unpaired) electrons. The van der Waals surface area contributed by atoms with E-state index < -0.39 is 5.60 Å². The lowest BCUT2D eigenvalue weighted by molar-refractivity contribution is 0.0506. The lowest BCUT2D eigenvalue weighted by Crippen LogP contribution is -2.40. The van der Waals surface area contributed by atoms with Crippen molar-refractivity contribution < 1.29 is 9.53 Å². The Labute approximate surface area is 137 Å². The number of allylic oxidation sites excluding steroid dienone is 1. The molecule has 1 N–H and O–H groups in total. The van der Waals surface area contributed by atoms with Gasteiger partial charge in [0.25, 0.3) is 0 Å². The van der Waals surface area contributed by atoms with Gasteiger partial charge in [-0.1, -0.05) is 27.4 Å². The fourth-order valence-corrected chi connectivity index (χ4v) is 3.00. The van der Waals surface area contributed by atoms with Gasteiger partial charge in [-0.05, 0) is 44.8 Å². The average Bonchev–Trinajstić information content (AvgIpc) is 2.66. The third-order valence-corrected chi connectivity index (χ3v) is 3.78. The van der Waals surface area contributed by atoms with Crippen LogP contribution in [-0.2, 0) is 4.74 Å². The van der Waals surface area contributed by atoms with Crippen LogP contribution in [0.4, 0.5) is 4.79 Å². The highest BCUT2D eigenvalue weighted by atomic mass is 31.0. The molecule has 1 aliphatic rings. The van der Waals surface area contributed by atoms with E-state index in [9.17, 15) is 4.79 Å². The number of nitrogens with one attached hydrogen (secondary N) is 1. The van der Waals surface area contributed by atoms with Crippen LogP contribution in [-0.4, -0.2) is 41.0 Å². The van der Waals surface area contributed by atoms with E-state index in [0.29, 0.717) is 0 Å². The maximum atomic E-state index is 11.9. The highest BCUT2D eigenvalue weighted by molar-refractivity contribution is 7.18. The number of nitrogens with zero attached hydrogens (tertiary/aromatic N) is 1. The predicted molar refractivity (Wildman–Crippen MR) is 95.9 cm³/mol. The summed E-state index contributed by atoms with van der Waals surface area (Å²) in [5, 5.41) is 2.96. The Morgan fingerprint density at radius 2 is 1.95 bits per heavy atom. The van der Waals surface area contributed by atoms with Crippen LogP contribution in [0.5, 0.6) is 0 Å². The van der Waals surface area contributed by atoms with Gasteiger partial charge in [0.1, 0.15) is 5.60 Å². The van der Waals surface area contributed by atoms with Gasteiger partial charge in [-0.2, -0.15) is 0 Å². The lowest BCUT2D eigenvalue weighted by Gasteiger charge is -2.30. The van der Waals surface area contributed by atoms with Crippen LogP contribution in [0, 0.1) is 5.41 Å². The van der Waals surface area contributed by atoms with Crippen molar-refractivity contribution in [2.75, 3.05) is 6.54 Å². The third kappa shape index (κ3) is 6.39. The van der Waals surface area contributed by atoms with Crippen molar-refractivity contribution in [3.63, 3.8) is 0 Å². The van der Waals surface area contributed by atoms with E-state index in [-0.39, 0.29) is 23.6 Å². The zero-order valence-electron chi connectivity index (χ0n) is 14.8. The maximum absolute atomic E-state index is 11.9. The Hall–Kier alpha value is -1.02. The number of hydrogen-bond acceptors (Lipinski definition) is 3. The number of amides is 1. The summed E-state index contributed by atoms with van der Waals surface area (Å²) >= 11 is 0. The van der Waals surface area contributed by atoms with Crippen molar-refractivity contribution in [2.45, 2.75) is 72.1 Å². The summed E-state index contributed by atoms with van der Waals surface area (Å²) in [5.74, 6) is 1.99. The van der Waals surface area contributed by atoms with Gasteiger partial charge in [-0.25, -0.2) is 4.79 Å². The highest BCUT2D eigenvalue weighted by Crippen LogP contribution is 2.30. The van der Waals surface area contributed by atoms with Crippen LogP contribution in [0.25, 0.3) is 0 Å². The Kier molecular flexibility index (Phi) is 6.09. The van der Waals surface area contributed by atoms with Crippen LogP contribution in [0.1, 0.15) is 54.4 Å². The second-order valence-corrected chi connectivity index (χ2v) is 8.60. The molecule has 0 saturated carbocycles. The zero-order chi connectivity index (χ0) is 17.1. The molecule has 1 rings (SSSR count). The summed E-state index contributed by atoms with van der Waals surface area (Å²) in [6.07, 6.45) is 1.43. The Morgan fingerprint density at radius 1 is 1.36 bits per heavy atom. The van der Waals surface area contributed by atoms with Crippen molar-refractivity contribution >= 4 is 20.8 Å². The quantitative estimate of drug-likeness (QED) is 0.798. The van der Waals surface area contributed by atoms with Gasteiger partial charge in [0, 0.05) is 12.2 Å². The van der Waals surface area contributed by atoms with Crippen LogP contribution < -0.4 is 5.32 Å². The van der Waals surface area contributed by atoms with Crippen LogP contribution in [0.2, 0.25) is 0 Å². The number of likely N-dealkylation sites (tertiary alicyclic amines) is 1. The van der Waals surface area contributed by atoms with Gasteiger partial charge in [0.15, 0.2) is 0 Å². The molecule has 5 heteroatoms. The van der Waals surface area contributed by atoms with E-state index in [0.717, 1.165) is 25.1 Å². The summed E-state index contributed by atoms with van der Waals surface area (Å²) < 4.78 is 5.33. The molecule has 0 aliphatic carbocycles. The minimum atomic E-state index is -0.473. The first-order valence-electron chi connectivity index (χ1n) is 7.86. The van der Waals surface area contributed by atoms with E-state index in [1.807, 2.05) is 26.6 Å². The van der Waals surface area contributed by atoms with Crippen LogP contribution >= 0.6 is 8.86 Å². The maximum Gasteiger partial charge on any atom is 0.407 e. The number of rotatable bonds is 4. The number of hydrogen-bond donors (Lipinski definition) is 1. The number of carbonyl (C=O) groups excluding carboxylic acids is 1. The highest BCUT2D eigenvalue weighted by Gasteiger charge is 2.33. The molecule has 0 bridgehead atoms. The van der Waals surface area contributed by atoms with Crippen LogP contribution in [0.3, 0.4) is 0 Å². The standard InChI is InChI=1S/C17H31N2O2P/c1-12(9-16(2,3)4)19-10-13(8-14(19)11-22)18-15(20)21-17(5,6)7/h11,13-14,22H,1,8-10H2,2-7H3,(H,18,20)/t13-,14-/m0/s1. The molecule has 1 aliphatic heterocycles. The number of ether oxygens (including phenoxy) is 1. The molecule has 2 atom stereocenters. The molecular weight excluding hydrogens is 295 g/mol. The third-order valence-electron chi connectivity index (χ3n) is 3.40. The van der Waals surface area contributed by atoms with Gasteiger partial charge in [-0.3, -0.25) is 0 Å². The molecule has 22 heavy (non-hydrogen) atoms. The van der Waals surface area contributed by atoms with Gasteiger partial charge in [0.05, 0.1) is 12.1 Å². The molecule has 0 unspecified atom stereocenters. The monoisotopic (exact) mass is 326 g/mol. The Morgan fingerprint density at radius 3 is 2.41 bits per heavy atom. The molecule has 4 nitrogen and oxygen atoms in total. The fraction of sp³-hybridized carbons (Fsp3) is 0.765. The second kappa shape index (κ2) is 7.04. The lowest BCUT2D eigenvalue weighted by atomic mass is 9.90. The molecule has 0 aromatic rings. The summed E-state index contributed by atoms with van der Waals surface area (Å²) in [4.78, 5) is 14.2. The van der Waals surface area contributed by atoms with E-state index in [2.05, 4.69) is 46.4 Å². The molecule has 1 fully saturated rings. The molecular formula is C17H31N2O2P. The Bertz CT molecular complexity index is 435. The molecule has 126 valence electrons. The summed E-state index contributed by atoms with van der Waals surface area (Å²) in [7, 11) is 3.51. The van der Waals surface area contributed by atoms with E-state index in [1.54, 1.807) is 0 Å². The summed E-state index contributed by atoms with van der Waals surface area (Å²) in [6, 6.07) is 0.315. The van der Waals surface area contributed by atoms with Crippen molar-refractivity contribution in [1.29, 1.82) is 0 Å². The summed E-state index contributed by atoms with van der Waals surface area (Å²) in [5.41, 5.74) is 0.837. The topological polar surface area (TPSA) is 41.6 Å². The van der Waals surface area contributed by atoms with Gasteiger partial charge in [0.2, 0.25) is 0 Å². The molecule has 1 saturated heterocycles. The minimum absolute atomic E-state index is 0.0733. The molecule has 0 aromatic carbocycles. The minimum Gasteiger partial charge on any atom is -0.444 e. The molecule has 1 amide bonds. The Balaban J connectivity index is 2.63. The normalized spacial score (nSPS) is 22.4. The fourth-order valence-electron chi connectivity index (χ4n) is 2.68. The van der Waals surface area contributed by atoms with Crippen LogP contribution in [0.15, 0.2) is 12.3 Å². The van der Waals surface area contributed by atoms with Gasteiger partial charge >= 0.3 is 6.09 Å². The number of alkyl carbamates (subject to hydrolysis) is 1. The largest absolute Gasteiger partial charge is 0.444 e. The van der Waals surface area contributed by atoms with E-state index >= 15 is 0 Å². The molecule has 0 spiro atoms. The predicted octanol–water partition coefficient (Wildman–Crippen LogP) is 3.85. The zero-order valence-corrected chi connectivity index (χ0v) is 15.8. The van der Waals surface area contributed by atoms with Crippen molar-refractivity contribution in [1.82, 2.24) is 10.2 Å². The van der Waals surface area contributed by atoms with E-state index in [1.165, 1.54) is 0 Å². The van der Waals surface area contributed by atoms with Crippen molar-refractivity contribution in [3.05, 3.63) is 12.3 Å². The van der Waals surface area contributed by atoms with Crippen molar-refractivity contribution in [2.24, 2.45) is 5.41 Å². The smallest absolute Gasteiger partial charge is 0.407 e. The van der Waals surface area contributed by atoms with Gasteiger partial charge in [-0.15, -0.1) is 8.86 Å².